The number of carbonyl (C=O) groups is 5. The van der Waals surface area contributed by atoms with Crippen LogP contribution in [0.4, 0.5) is 5.69 Å². The van der Waals surface area contributed by atoms with Gasteiger partial charge in [-0.25, -0.2) is 0 Å². The summed E-state index contributed by atoms with van der Waals surface area (Å²) >= 11 is 0. The van der Waals surface area contributed by atoms with Crippen LogP contribution in [0.5, 0.6) is 5.75 Å². The zero-order valence-electron chi connectivity index (χ0n) is 22.6. The van der Waals surface area contributed by atoms with Crippen molar-refractivity contribution in [2.45, 2.75) is 58.0 Å². The molecule has 2 aliphatic rings. The summed E-state index contributed by atoms with van der Waals surface area (Å²) in [6, 6.07) is 7.58. The van der Waals surface area contributed by atoms with Gasteiger partial charge in [-0.1, -0.05) is 12.1 Å². The molecule has 1 N–H and O–H groups in total. The van der Waals surface area contributed by atoms with Crippen LogP contribution in [-0.4, -0.2) is 81.9 Å². The van der Waals surface area contributed by atoms with Gasteiger partial charge in [0.15, 0.2) is 18.5 Å². The van der Waals surface area contributed by atoms with Crippen molar-refractivity contribution in [3.8, 4) is 5.75 Å². The normalized spacial score (nSPS) is 23.2. The van der Waals surface area contributed by atoms with Gasteiger partial charge in [0.25, 0.3) is 17.5 Å². The molecule has 222 valence electrons. The largest absolute Gasteiger partial charge is 0.508 e. The fourth-order valence-electron chi connectivity index (χ4n) is 4.75. The number of rotatable bonds is 9. The summed E-state index contributed by atoms with van der Waals surface area (Å²) in [7, 11) is 0. The summed E-state index contributed by atoms with van der Waals surface area (Å²) in [5.41, 5.74) is -0.305. The Morgan fingerprint density at radius 1 is 0.952 bits per heavy atom. The number of esters is 3. The Bertz CT molecular complexity index is 1410. The van der Waals surface area contributed by atoms with Crippen molar-refractivity contribution < 1.29 is 57.7 Å². The molecular weight excluding hydrogens is 560 g/mol. The minimum atomic E-state index is -1.64. The number of nitro benzene ring substituents is 1. The van der Waals surface area contributed by atoms with Crippen LogP contribution >= 0.6 is 0 Å². The zero-order chi connectivity index (χ0) is 30.7. The first-order chi connectivity index (χ1) is 19.9. The van der Waals surface area contributed by atoms with Crippen molar-refractivity contribution in [3.63, 3.8) is 0 Å². The number of phenols is 1. The van der Waals surface area contributed by atoms with E-state index in [1.807, 2.05) is 0 Å². The number of phenolic OH excluding ortho intramolecular Hbond substituents is 1. The molecule has 2 heterocycles. The van der Waals surface area contributed by atoms with Gasteiger partial charge < -0.3 is 28.8 Å². The number of fused-ring (bicyclic) bond motifs is 1. The lowest BCUT2D eigenvalue weighted by Gasteiger charge is -2.47. The molecule has 2 aromatic rings. The molecule has 0 aromatic heterocycles. The lowest BCUT2D eigenvalue weighted by molar-refractivity contribution is -0.385. The van der Waals surface area contributed by atoms with Gasteiger partial charge in [-0.3, -0.25) is 39.0 Å². The second-order valence-electron chi connectivity index (χ2n) is 9.39. The predicted octanol–water partition coefficient (Wildman–Crippen LogP) is 1.63. The van der Waals surface area contributed by atoms with Crippen LogP contribution in [0.1, 0.15) is 47.1 Å². The SMILES string of the molecule is CC(=O)OC[C@H]1O[C@@H](OCc2cc([N+](=O)[O-])ccc2O)[C@H](N2C(=O)c3ccccc3C2=O)[C@@H](OC(C)=O)[C@@H]1OC(C)=O. The number of hydrogen-bond acceptors (Lipinski definition) is 13. The van der Waals surface area contributed by atoms with Crippen molar-refractivity contribution in [2.75, 3.05) is 6.61 Å². The second-order valence-corrected chi connectivity index (χ2v) is 9.39. The van der Waals surface area contributed by atoms with E-state index in [2.05, 4.69) is 0 Å². The van der Waals surface area contributed by atoms with E-state index in [9.17, 15) is 39.2 Å². The van der Waals surface area contributed by atoms with E-state index in [0.717, 1.165) is 43.9 Å². The minimum Gasteiger partial charge on any atom is -0.508 e. The third kappa shape index (κ3) is 6.21. The first-order valence-electron chi connectivity index (χ1n) is 12.6. The first-order valence-corrected chi connectivity index (χ1v) is 12.6. The van der Waals surface area contributed by atoms with Crippen LogP contribution in [0.15, 0.2) is 42.5 Å². The highest BCUT2D eigenvalue weighted by atomic mass is 16.7. The average Bonchev–Trinajstić information content (AvgIpc) is 3.17. The number of nitrogens with zero attached hydrogens (tertiary/aromatic N) is 2. The van der Waals surface area contributed by atoms with Crippen LogP contribution in [0, 0.1) is 10.1 Å². The van der Waals surface area contributed by atoms with Crippen LogP contribution in [-0.2, 0) is 44.7 Å². The van der Waals surface area contributed by atoms with Gasteiger partial charge in [-0.2, -0.15) is 0 Å². The number of amides is 2. The highest BCUT2D eigenvalue weighted by molar-refractivity contribution is 6.21. The molecule has 2 aromatic carbocycles. The molecule has 1 fully saturated rings. The molecule has 0 unspecified atom stereocenters. The Hall–Kier alpha value is -4.89. The first kappa shape index (κ1) is 30.1. The molecular formula is C27H26N2O13. The monoisotopic (exact) mass is 586 g/mol. The second kappa shape index (κ2) is 12.3. The third-order valence-electron chi connectivity index (χ3n) is 6.47. The standard InChI is InChI=1S/C27H26N2O13/c1-13(30)38-12-21-23(40-14(2)31)24(41-15(3)32)22(28-25(34)18-6-4-5-7-19(18)26(28)35)27(42-21)39-11-16-10-17(29(36)37)8-9-20(16)33/h4-10,21-24,27,33H,11-12H2,1-3H3/t21-,22-,23-,24-,27-/m1/s1. The fourth-order valence-corrected chi connectivity index (χ4v) is 4.75. The summed E-state index contributed by atoms with van der Waals surface area (Å²) < 4.78 is 27.9. The van der Waals surface area contributed by atoms with Crippen LogP contribution in [0.3, 0.4) is 0 Å². The summed E-state index contributed by atoms with van der Waals surface area (Å²) in [5, 5.41) is 21.6. The molecule has 15 heteroatoms. The van der Waals surface area contributed by atoms with Crippen LogP contribution in [0.25, 0.3) is 0 Å². The number of carbonyl (C=O) groups excluding carboxylic acids is 5. The highest BCUT2D eigenvalue weighted by Crippen LogP contribution is 2.36. The van der Waals surface area contributed by atoms with E-state index in [-0.39, 0.29) is 28.1 Å². The van der Waals surface area contributed by atoms with Gasteiger partial charge in [0.05, 0.1) is 22.7 Å². The summed E-state index contributed by atoms with van der Waals surface area (Å²) in [6.45, 7) is 2.19. The van der Waals surface area contributed by atoms with Crippen molar-refractivity contribution in [1.82, 2.24) is 4.90 Å². The molecule has 0 radical (unpaired) electrons. The van der Waals surface area contributed by atoms with Crippen molar-refractivity contribution >= 4 is 35.4 Å². The molecule has 5 atom stereocenters. The summed E-state index contributed by atoms with van der Waals surface area (Å²) in [4.78, 5) is 74.3. The van der Waals surface area contributed by atoms with Gasteiger partial charge in [-0.15, -0.1) is 0 Å². The van der Waals surface area contributed by atoms with Crippen molar-refractivity contribution in [1.29, 1.82) is 0 Å². The molecule has 2 amide bonds. The quantitative estimate of drug-likeness (QED) is 0.146. The Morgan fingerprint density at radius 3 is 2.10 bits per heavy atom. The van der Waals surface area contributed by atoms with Crippen molar-refractivity contribution in [2.24, 2.45) is 0 Å². The van der Waals surface area contributed by atoms with E-state index in [1.54, 1.807) is 12.1 Å². The lowest BCUT2D eigenvalue weighted by atomic mass is 9.94. The number of nitro groups is 1. The number of imide groups is 1. The molecule has 2 aliphatic heterocycles. The maximum atomic E-state index is 13.5. The van der Waals surface area contributed by atoms with Crippen LogP contribution in [0.2, 0.25) is 0 Å². The molecule has 0 aliphatic carbocycles. The number of aromatic hydroxyl groups is 1. The average molecular weight is 587 g/mol. The zero-order valence-corrected chi connectivity index (χ0v) is 22.6. The predicted molar refractivity (Wildman–Crippen MR) is 137 cm³/mol. The minimum absolute atomic E-state index is 0.0448. The van der Waals surface area contributed by atoms with E-state index >= 15 is 0 Å². The Kier molecular flexibility index (Phi) is 8.82. The molecule has 0 saturated carbocycles. The Morgan fingerprint density at radius 2 is 1.55 bits per heavy atom. The van der Waals surface area contributed by atoms with E-state index in [1.165, 1.54) is 12.1 Å². The Labute approximate surface area is 238 Å². The van der Waals surface area contributed by atoms with Gasteiger partial charge in [0, 0.05) is 38.5 Å². The van der Waals surface area contributed by atoms with E-state index in [0.29, 0.717) is 0 Å². The molecule has 42 heavy (non-hydrogen) atoms. The van der Waals surface area contributed by atoms with Crippen molar-refractivity contribution in [3.05, 3.63) is 69.3 Å². The number of benzene rings is 2. The van der Waals surface area contributed by atoms with Crippen LogP contribution < -0.4 is 0 Å². The van der Waals surface area contributed by atoms with E-state index in [4.69, 9.17) is 23.7 Å². The van der Waals surface area contributed by atoms with Gasteiger partial charge in [0.2, 0.25) is 0 Å². The highest BCUT2D eigenvalue weighted by Gasteiger charge is 2.57. The molecule has 1 saturated heterocycles. The summed E-state index contributed by atoms with van der Waals surface area (Å²) in [5.74, 6) is -4.36. The summed E-state index contributed by atoms with van der Waals surface area (Å²) in [6.07, 6.45) is -6.02. The molecule has 15 nitrogen and oxygen atoms in total. The molecule has 4 rings (SSSR count). The number of hydrogen-bond donors (Lipinski definition) is 1. The van der Waals surface area contributed by atoms with Gasteiger partial charge in [0.1, 0.15) is 24.5 Å². The molecule has 0 bridgehead atoms. The van der Waals surface area contributed by atoms with E-state index < -0.39 is 78.5 Å². The maximum absolute atomic E-state index is 13.5. The van der Waals surface area contributed by atoms with Gasteiger partial charge in [-0.05, 0) is 18.2 Å². The smallest absolute Gasteiger partial charge is 0.303 e. The third-order valence-corrected chi connectivity index (χ3v) is 6.47. The number of non-ortho nitro benzene ring substituents is 1. The maximum Gasteiger partial charge on any atom is 0.303 e. The number of ether oxygens (including phenoxy) is 5. The lowest BCUT2D eigenvalue weighted by Crippen LogP contribution is -2.67. The fraction of sp³-hybridized carbons (Fsp3) is 0.370. The van der Waals surface area contributed by atoms with Gasteiger partial charge >= 0.3 is 17.9 Å². The molecule has 0 spiro atoms. The topological polar surface area (TPSA) is 198 Å². The Balaban J connectivity index is 1.79.